The number of aromatic nitrogens is 1. The Bertz CT molecular complexity index is 2190. The molecule has 0 bridgehead atoms. The zero-order valence-corrected chi connectivity index (χ0v) is 32.4. The number of fused-ring (bicyclic) bond motifs is 1. The lowest BCUT2D eigenvalue weighted by molar-refractivity contribution is -0.136. The lowest BCUT2D eigenvalue weighted by atomic mass is 9.77. The first kappa shape index (κ1) is 37.1. The summed E-state index contributed by atoms with van der Waals surface area (Å²) in [5, 5.41) is 11.9. The molecule has 14 nitrogen and oxygen atoms in total. The number of likely N-dealkylation sites (tertiary alicyclic amines) is 1. The lowest BCUT2D eigenvalue weighted by Gasteiger charge is -2.45. The Morgan fingerprint density at radius 1 is 0.842 bits per heavy atom. The van der Waals surface area contributed by atoms with Gasteiger partial charge in [0.15, 0.2) is 0 Å². The molecule has 1 unspecified atom stereocenters. The highest BCUT2D eigenvalue weighted by atomic mass is 35.5. The second kappa shape index (κ2) is 14.8. The highest BCUT2D eigenvalue weighted by Crippen LogP contribution is 2.43. The molecule has 5 saturated heterocycles. The van der Waals surface area contributed by atoms with Crippen LogP contribution in [0.15, 0.2) is 54.7 Å². The third-order valence-electron chi connectivity index (χ3n) is 12.9. The number of hydrogen-bond acceptors (Lipinski definition) is 11. The van der Waals surface area contributed by atoms with Crippen LogP contribution in [0.4, 0.5) is 17.2 Å². The number of piperazine rings is 1. The van der Waals surface area contributed by atoms with E-state index in [9.17, 15) is 29.2 Å². The normalized spacial score (nSPS) is 22.5. The molecule has 6 aliphatic rings. The molecule has 1 aromatic heterocycles. The van der Waals surface area contributed by atoms with Crippen molar-refractivity contribution in [2.24, 2.45) is 11.3 Å². The fraction of sp³-hybridized carbons (Fsp3) is 0.452. The van der Waals surface area contributed by atoms with Crippen molar-refractivity contribution in [1.29, 1.82) is 5.26 Å². The van der Waals surface area contributed by atoms with E-state index in [0.29, 0.717) is 33.2 Å². The van der Waals surface area contributed by atoms with Gasteiger partial charge in [0, 0.05) is 102 Å². The number of nitrogens with zero attached hydrogens (tertiary/aromatic N) is 8. The predicted octanol–water partition coefficient (Wildman–Crippen LogP) is 3.40. The van der Waals surface area contributed by atoms with Crippen molar-refractivity contribution < 1.29 is 24.0 Å². The van der Waals surface area contributed by atoms with E-state index in [1.807, 2.05) is 35.2 Å². The van der Waals surface area contributed by atoms with Crippen LogP contribution in [0.3, 0.4) is 0 Å². The number of halogens is 1. The van der Waals surface area contributed by atoms with Crippen molar-refractivity contribution in [3.05, 3.63) is 82.0 Å². The molecule has 6 aliphatic heterocycles. The smallest absolute Gasteiger partial charge is 0.262 e. The highest BCUT2D eigenvalue weighted by molar-refractivity contribution is 6.32. The first-order valence-electron chi connectivity index (χ1n) is 19.9. The summed E-state index contributed by atoms with van der Waals surface area (Å²) in [6.07, 6.45) is 4.94. The molecule has 0 aliphatic carbocycles. The molecule has 5 fully saturated rings. The molecule has 15 heteroatoms. The number of nitriles is 1. The topological polar surface area (TPSA) is 154 Å². The number of carbonyl (C=O) groups is 5. The molecule has 7 heterocycles. The number of hydrogen-bond donors (Lipinski definition) is 1. The fourth-order valence-corrected chi connectivity index (χ4v) is 9.71. The van der Waals surface area contributed by atoms with Gasteiger partial charge in [0.25, 0.3) is 17.7 Å². The van der Waals surface area contributed by atoms with Gasteiger partial charge in [0.05, 0.1) is 27.3 Å². The summed E-state index contributed by atoms with van der Waals surface area (Å²) in [6.45, 7) is 9.50. The Kier molecular flexibility index (Phi) is 9.61. The SMILES string of the molecule is N#Cc1ccc(N2CCC3(CCN(C(=O)c4ccc(N5CCN(CC6CN(c7ccc8c(c7)C(=O)N(C7CCC(=O)NC7=O)C8=O)C6)CC5)nc4)CC3)C2)cc1Cl. The van der Waals surface area contributed by atoms with E-state index in [2.05, 4.69) is 31.0 Å². The van der Waals surface area contributed by atoms with Crippen LogP contribution < -0.4 is 20.0 Å². The van der Waals surface area contributed by atoms with Gasteiger partial charge in [-0.1, -0.05) is 11.6 Å². The van der Waals surface area contributed by atoms with Crippen LogP contribution in [0.1, 0.15) is 68.7 Å². The van der Waals surface area contributed by atoms with Crippen LogP contribution >= 0.6 is 11.6 Å². The first-order valence-corrected chi connectivity index (χ1v) is 20.2. The van der Waals surface area contributed by atoms with E-state index in [0.717, 1.165) is 113 Å². The Balaban J connectivity index is 0.717. The van der Waals surface area contributed by atoms with Gasteiger partial charge in [0.1, 0.15) is 17.9 Å². The number of carbonyl (C=O) groups excluding carboxylic acids is 5. The number of piperidine rings is 2. The van der Waals surface area contributed by atoms with Crippen molar-refractivity contribution in [1.82, 2.24) is 25.0 Å². The summed E-state index contributed by atoms with van der Waals surface area (Å²) in [5.74, 6) is -0.590. The number of anilines is 3. The van der Waals surface area contributed by atoms with Gasteiger partial charge in [-0.05, 0) is 79.6 Å². The summed E-state index contributed by atoms with van der Waals surface area (Å²) in [6, 6.07) is 16.0. The van der Waals surface area contributed by atoms with Crippen molar-refractivity contribution >= 4 is 58.3 Å². The van der Waals surface area contributed by atoms with E-state index >= 15 is 0 Å². The second-order valence-corrected chi connectivity index (χ2v) is 16.8. The average molecular weight is 790 g/mol. The number of benzene rings is 2. The number of rotatable bonds is 7. The fourth-order valence-electron chi connectivity index (χ4n) is 9.50. The quantitative estimate of drug-likeness (QED) is 0.351. The monoisotopic (exact) mass is 789 g/mol. The van der Waals surface area contributed by atoms with Crippen LogP contribution in [0, 0.1) is 22.7 Å². The molecule has 3 aromatic rings. The minimum absolute atomic E-state index is 0.0335. The maximum atomic E-state index is 13.5. The van der Waals surface area contributed by atoms with Crippen molar-refractivity contribution in [3.8, 4) is 6.07 Å². The molecule has 5 amide bonds. The predicted molar refractivity (Wildman–Crippen MR) is 212 cm³/mol. The minimum Gasteiger partial charge on any atom is -0.371 e. The number of imide groups is 2. The molecule has 57 heavy (non-hydrogen) atoms. The van der Waals surface area contributed by atoms with Gasteiger partial charge >= 0.3 is 0 Å². The molecular weight excluding hydrogens is 746 g/mol. The molecule has 1 spiro atoms. The molecule has 0 radical (unpaired) electrons. The van der Waals surface area contributed by atoms with Crippen LogP contribution in [-0.4, -0.2) is 127 Å². The lowest BCUT2D eigenvalue weighted by Crippen LogP contribution is -2.55. The Labute approximate surface area is 335 Å². The Morgan fingerprint density at radius 3 is 2.26 bits per heavy atom. The van der Waals surface area contributed by atoms with Gasteiger partial charge in [-0.15, -0.1) is 0 Å². The van der Waals surface area contributed by atoms with Crippen molar-refractivity contribution in [3.63, 3.8) is 0 Å². The summed E-state index contributed by atoms with van der Waals surface area (Å²) in [7, 11) is 0. The second-order valence-electron chi connectivity index (χ2n) is 16.4. The molecule has 1 N–H and O–H groups in total. The Hall–Kier alpha value is -5.52. The zero-order chi connectivity index (χ0) is 39.4. The average Bonchev–Trinajstić information content (AvgIpc) is 3.73. The highest BCUT2D eigenvalue weighted by Gasteiger charge is 2.45. The van der Waals surface area contributed by atoms with Gasteiger partial charge in [0.2, 0.25) is 11.8 Å². The maximum Gasteiger partial charge on any atom is 0.262 e. The molecule has 0 saturated carbocycles. The molecular formula is C42H44ClN9O5. The summed E-state index contributed by atoms with van der Waals surface area (Å²) >= 11 is 6.31. The van der Waals surface area contributed by atoms with E-state index < -0.39 is 29.7 Å². The van der Waals surface area contributed by atoms with Gasteiger partial charge in [-0.2, -0.15) is 5.26 Å². The maximum absolute atomic E-state index is 13.5. The van der Waals surface area contributed by atoms with Crippen LogP contribution in [0.2, 0.25) is 5.02 Å². The summed E-state index contributed by atoms with van der Waals surface area (Å²) in [4.78, 5) is 80.8. The third-order valence-corrected chi connectivity index (χ3v) is 13.3. The number of amides is 5. The standard InChI is InChI=1S/C42H44ClN9O5/c43-34-20-31(3-1-28(34)21-44)50-14-11-42(26-50)9-12-49(13-10-42)39(55)29-2-7-36(45-22-29)48-17-15-47(16-18-48)23-27-24-51(25-27)30-4-5-32-33(19-30)41(57)52(40(32)56)35-6-8-37(53)46-38(35)54/h1-5,7,19-20,22,27,35H,6,8-18,23-26H2,(H,46,53,54). The molecule has 2 aromatic carbocycles. The number of nitrogens with one attached hydrogen (secondary N) is 1. The largest absolute Gasteiger partial charge is 0.371 e. The van der Waals surface area contributed by atoms with Crippen LogP contribution in [0.5, 0.6) is 0 Å². The molecule has 9 rings (SSSR count). The van der Waals surface area contributed by atoms with Gasteiger partial charge < -0.3 is 19.6 Å². The minimum atomic E-state index is -0.972. The van der Waals surface area contributed by atoms with E-state index in [1.165, 1.54) is 0 Å². The van der Waals surface area contributed by atoms with Gasteiger partial charge in [-0.25, -0.2) is 4.98 Å². The molecule has 1 atom stereocenters. The summed E-state index contributed by atoms with van der Waals surface area (Å²) in [5.41, 5.74) is 3.81. The van der Waals surface area contributed by atoms with Crippen molar-refractivity contribution in [2.45, 2.75) is 38.1 Å². The van der Waals surface area contributed by atoms with E-state index in [-0.39, 0.29) is 24.2 Å². The molecule has 294 valence electrons. The van der Waals surface area contributed by atoms with E-state index in [1.54, 1.807) is 24.4 Å². The zero-order valence-electron chi connectivity index (χ0n) is 31.7. The van der Waals surface area contributed by atoms with Gasteiger partial charge in [-0.3, -0.25) is 39.1 Å². The first-order chi connectivity index (χ1) is 27.6. The van der Waals surface area contributed by atoms with E-state index in [4.69, 9.17) is 16.6 Å². The van der Waals surface area contributed by atoms with Crippen LogP contribution in [0.25, 0.3) is 0 Å². The number of pyridine rings is 1. The third kappa shape index (κ3) is 6.97. The van der Waals surface area contributed by atoms with Crippen LogP contribution in [-0.2, 0) is 9.59 Å². The van der Waals surface area contributed by atoms with Crippen molar-refractivity contribution in [2.75, 3.05) is 86.7 Å². The summed E-state index contributed by atoms with van der Waals surface area (Å²) < 4.78 is 0. The Morgan fingerprint density at radius 2 is 1.56 bits per heavy atom.